The van der Waals surface area contributed by atoms with Crippen molar-refractivity contribution in [2.24, 2.45) is 5.92 Å². The second kappa shape index (κ2) is 24.7. The van der Waals surface area contributed by atoms with E-state index in [0.717, 1.165) is 6.42 Å². The Balaban J connectivity index is 3.06. The van der Waals surface area contributed by atoms with E-state index in [0.29, 0.717) is 12.3 Å². The number of carboxylic acid groups (broad SMARTS) is 1. The monoisotopic (exact) mass is 424 g/mol. The van der Waals surface area contributed by atoms with Gasteiger partial charge in [-0.2, -0.15) is 0 Å². The van der Waals surface area contributed by atoms with Gasteiger partial charge in [-0.3, -0.25) is 4.79 Å². The van der Waals surface area contributed by atoms with E-state index in [1.165, 1.54) is 141 Å². The molecule has 0 amide bonds. The summed E-state index contributed by atoms with van der Waals surface area (Å²) in [6.45, 7) is 4.35. The lowest BCUT2D eigenvalue weighted by Gasteiger charge is -2.08. The van der Waals surface area contributed by atoms with Crippen LogP contribution in [0, 0.1) is 5.92 Å². The maximum atomic E-state index is 10.6. The van der Waals surface area contributed by atoms with E-state index < -0.39 is 5.97 Å². The van der Waals surface area contributed by atoms with E-state index in [1.54, 1.807) is 0 Å². The molecule has 0 aromatic carbocycles. The van der Waals surface area contributed by atoms with Gasteiger partial charge in [-0.05, 0) is 5.92 Å². The average molecular weight is 425 g/mol. The number of unbranched alkanes of at least 4 members (excludes halogenated alkanes) is 21. The van der Waals surface area contributed by atoms with Gasteiger partial charge in [-0.15, -0.1) is 0 Å². The summed E-state index contributed by atoms with van der Waals surface area (Å²) in [4.78, 5) is 10.6. The highest BCUT2D eigenvalue weighted by Gasteiger charge is 2.06. The summed E-state index contributed by atoms with van der Waals surface area (Å²) in [6.07, 6.45) is 32.6. The summed E-state index contributed by atoms with van der Waals surface area (Å²) in [7, 11) is 0. The van der Waals surface area contributed by atoms with Crippen molar-refractivity contribution >= 4 is 5.97 Å². The first-order valence-corrected chi connectivity index (χ1v) is 13.9. The molecule has 30 heavy (non-hydrogen) atoms. The zero-order valence-electron chi connectivity index (χ0n) is 20.9. The van der Waals surface area contributed by atoms with E-state index in [2.05, 4.69) is 13.8 Å². The second-order valence-corrected chi connectivity index (χ2v) is 9.92. The van der Waals surface area contributed by atoms with Crippen molar-refractivity contribution in [3.05, 3.63) is 0 Å². The summed E-state index contributed by atoms with van der Waals surface area (Å²) in [5.74, 6) is -0.311. The van der Waals surface area contributed by atoms with E-state index in [4.69, 9.17) is 5.11 Å². The molecule has 0 spiro atoms. The van der Waals surface area contributed by atoms with Gasteiger partial charge in [0.05, 0.1) is 0 Å². The molecular formula is C28H56O2. The van der Waals surface area contributed by atoms with Crippen molar-refractivity contribution in [1.29, 1.82) is 0 Å². The molecule has 0 aromatic heterocycles. The van der Waals surface area contributed by atoms with Crippen molar-refractivity contribution in [1.82, 2.24) is 0 Å². The van der Waals surface area contributed by atoms with Gasteiger partial charge >= 0.3 is 5.97 Å². The molecule has 2 nitrogen and oxygen atoms in total. The first kappa shape index (κ1) is 29.5. The molecule has 180 valence electrons. The Labute approximate surface area is 190 Å². The van der Waals surface area contributed by atoms with Crippen LogP contribution in [0.15, 0.2) is 0 Å². The van der Waals surface area contributed by atoms with Gasteiger partial charge in [0.1, 0.15) is 0 Å². The van der Waals surface area contributed by atoms with Gasteiger partial charge in [0.15, 0.2) is 0 Å². The summed E-state index contributed by atoms with van der Waals surface area (Å²) in [5, 5.41) is 8.76. The van der Waals surface area contributed by atoms with Crippen LogP contribution in [0.1, 0.15) is 168 Å². The SMILES string of the molecule is CCCCCCCCCCCCCCCCCCCCCCCC[C@H](C)CC(=O)O. The summed E-state index contributed by atoms with van der Waals surface area (Å²) in [6, 6.07) is 0. The van der Waals surface area contributed by atoms with E-state index >= 15 is 0 Å². The highest BCUT2D eigenvalue weighted by molar-refractivity contribution is 5.66. The number of aliphatic carboxylic acids is 1. The Hall–Kier alpha value is -0.530. The third-order valence-electron chi connectivity index (χ3n) is 6.57. The minimum atomic E-state index is -0.652. The topological polar surface area (TPSA) is 37.3 Å². The lowest BCUT2D eigenvalue weighted by Crippen LogP contribution is -2.03. The summed E-state index contributed by atoms with van der Waals surface area (Å²) >= 11 is 0. The zero-order valence-corrected chi connectivity index (χ0v) is 20.9. The Kier molecular flexibility index (Phi) is 24.3. The van der Waals surface area contributed by atoms with Crippen LogP contribution in [0.25, 0.3) is 0 Å². The van der Waals surface area contributed by atoms with Crippen molar-refractivity contribution in [2.45, 2.75) is 168 Å². The van der Waals surface area contributed by atoms with Crippen LogP contribution >= 0.6 is 0 Å². The van der Waals surface area contributed by atoms with Crippen LogP contribution in [0.5, 0.6) is 0 Å². The molecular weight excluding hydrogens is 368 g/mol. The molecule has 0 aliphatic carbocycles. The molecule has 0 radical (unpaired) electrons. The lowest BCUT2D eigenvalue weighted by atomic mass is 9.99. The lowest BCUT2D eigenvalue weighted by molar-refractivity contribution is -0.138. The quantitative estimate of drug-likeness (QED) is 0.148. The van der Waals surface area contributed by atoms with Gasteiger partial charge in [0, 0.05) is 6.42 Å². The standard InChI is InChI=1S/C28H56O2/c1-3-4-5-6-7-8-9-10-11-12-13-14-15-16-17-18-19-20-21-22-23-24-25-27(2)26-28(29)30/h27H,3-26H2,1-2H3,(H,29,30)/t27-/m0/s1. The molecule has 0 rings (SSSR count). The molecule has 0 fully saturated rings. The molecule has 0 aromatic rings. The van der Waals surface area contributed by atoms with Crippen molar-refractivity contribution in [2.75, 3.05) is 0 Å². The molecule has 2 heteroatoms. The molecule has 0 heterocycles. The number of hydrogen-bond donors (Lipinski definition) is 1. The van der Waals surface area contributed by atoms with Crippen LogP contribution in [-0.4, -0.2) is 11.1 Å². The molecule has 0 aliphatic rings. The average Bonchev–Trinajstić information content (AvgIpc) is 2.71. The number of carboxylic acids is 1. The van der Waals surface area contributed by atoms with Crippen molar-refractivity contribution < 1.29 is 9.90 Å². The summed E-state index contributed by atoms with van der Waals surface area (Å²) in [5.41, 5.74) is 0. The Morgan fingerprint density at radius 1 is 0.533 bits per heavy atom. The first-order valence-electron chi connectivity index (χ1n) is 13.9. The summed E-state index contributed by atoms with van der Waals surface area (Å²) < 4.78 is 0. The van der Waals surface area contributed by atoms with Crippen molar-refractivity contribution in [3.8, 4) is 0 Å². The van der Waals surface area contributed by atoms with Crippen LogP contribution in [0.4, 0.5) is 0 Å². The Morgan fingerprint density at radius 2 is 0.800 bits per heavy atom. The zero-order chi connectivity index (χ0) is 22.1. The van der Waals surface area contributed by atoms with Crippen LogP contribution in [0.2, 0.25) is 0 Å². The maximum Gasteiger partial charge on any atom is 0.303 e. The Morgan fingerprint density at radius 3 is 1.07 bits per heavy atom. The minimum Gasteiger partial charge on any atom is -0.481 e. The number of rotatable bonds is 25. The Bertz CT molecular complexity index is 340. The third kappa shape index (κ3) is 25.5. The molecule has 0 aliphatic heterocycles. The van der Waals surface area contributed by atoms with Crippen LogP contribution in [-0.2, 0) is 4.79 Å². The molecule has 0 saturated heterocycles. The minimum absolute atomic E-state index is 0.333. The van der Waals surface area contributed by atoms with Gasteiger partial charge in [0.2, 0.25) is 0 Å². The third-order valence-corrected chi connectivity index (χ3v) is 6.57. The normalized spacial score (nSPS) is 12.3. The largest absolute Gasteiger partial charge is 0.481 e. The maximum absolute atomic E-state index is 10.6. The predicted molar refractivity (Wildman–Crippen MR) is 133 cm³/mol. The molecule has 0 saturated carbocycles. The fourth-order valence-electron chi connectivity index (χ4n) is 4.50. The predicted octanol–water partition coefficient (Wildman–Crippen LogP) is 10.1. The first-order chi connectivity index (χ1) is 14.7. The van der Waals surface area contributed by atoms with Gasteiger partial charge in [0.25, 0.3) is 0 Å². The number of carbonyl (C=O) groups is 1. The smallest absolute Gasteiger partial charge is 0.303 e. The molecule has 0 unspecified atom stereocenters. The fourth-order valence-corrected chi connectivity index (χ4v) is 4.50. The molecule has 1 atom stereocenters. The highest BCUT2D eigenvalue weighted by Crippen LogP contribution is 2.17. The van der Waals surface area contributed by atoms with Gasteiger partial charge < -0.3 is 5.11 Å². The van der Waals surface area contributed by atoms with Gasteiger partial charge in [-0.1, -0.05) is 162 Å². The van der Waals surface area contributed by atoms with Gasteiger partial charge in [-0.25, -0.2) is 0 Å². The highest BCUT2D eigenvalue weighted by atomic mass is 16.4. The van der Waals surface area contributed by atoms with Crippen molar-refractivity contribution in [3.63, 3.8) is 0 Å². The molecule has 1 N–H and O–H groups in total. The van der Waals surface area contributed by atoms with E-state index in [-0.39, 0.29) is 0 Å². The number of hydrogen-bond acceptors (Lipinski definition) is 1. The molecule has 0 bridgehead atoms. The fraction of sp³-hybridized carbons (Fsp3) is 0.964. The van der Waals surface area contributed by atoms with Crippen LogP contribution < -0.4 is 0 Å². The van der Waals surface area contributed by atoms with Crippen LogP contribution in [0.3, 0.4) is 0 Å². The van der Waals surface area contributed by atoms with E-state index in [1.807, 2.05) is 0 Å². The second-order valence-electron chi connectivity index (χ2n) is 9.92. The van der Waals surface area contributed by atoms with E-state index in [9.17, 15) is 4.79 Å².